The highest BCUT2D eigenvalue weighted by atomic mass is 16.5. The van der Waals surface area contributed by atoms with Gasteiger partial charge in [0.2, 0.25) is 0 Å². The first-order valence-corrected chi connectivity index (χ1v) is 11.6. The zero-order chi connectivity index (χ0) is 24.5. The molecule has 178 valence electrons. The fourth-order valence-electron chi connectivity index (χ4n) is 4.94. The largest absolute Gasteiger partial charge is 0.497 e. The maximum absolute atomic E-state index is 13.6. The Morgan fingerprint density at radius 3 is 2.71 bits per heavy atom. The number of hydrogen-bond donors (Lipinski definition) is 2. The Morgan fingerprint density at radius 1 is 1.14 bits per heavy atom. The van der Waals surface area contributed by atoms with Gasteiger partial charge in [0.1, 0.15) is 17.3 Å². The molecule has 1 aromatic carbocycles. The first-order chi connectivity index (χ1) is 16.9. The standard InChI is InChI=1S/C28H27N3O4/c1-16-9-10-24(29-15-16)31-28(33)25-17(2)30-21-13-19(23-8-5-11-35-23)14-22(32)27(21)26(25)18-6-4-7-20(12-18)34-3/h4-12,15,19,26,30H,13-14H2,1-3H3,(H,29,31,33)/t19-,26-/m1/s1. The highest BCUT2D eigenvalue weighted by molar-refractivity contribution is 6.09. The normalized spacial score (nSPS) is 19.8. The van der Waals surface area contributed by atoms with Gasteiger partial charge in [0.25, 0.3) is 5.91 Å². The second-order valence-corrected chi connectivity index (χ2v) is 8.98. The lowest BCUT2D eigenvalue weighted by molar-refractivity contribution is -0.116. The summed E-state index contributed by atoms with van der Waals surface area (Å²) in [5.74, 6) is 1.04. The van der Waals surface area contributed by atoms with Crippen molar-refractivity contribution in [1.29, 1.82) is 0 Å². The Labute approximate surface area is 203 Å². The van der Waals surface area contributed by atoms with Gasteiger partial charge in [0.05, 0.1) is 13.4 Å². The van der Waals surface area contributed by atoms with Gasteiger partial charge in [-0.05, 0) is 61.7 Å². The third-order valence-corrected chi connectivity index (χ3v) is 6.60. The summed E-state index contributed by atoms with van der Waals surface area (Å²) < 4.78 is 11.0. The number of furan rings is 1. The average Bonchev–Trinajstić information content (AvgIpc) is 3.39. The lowest BCUT2D eigenvalue weighted by Gasteiger charge is -2.36. The molecule has 0 spiro atoms. The molecule has 0 radical (unpaired) electrons. The topological polar surface area (TPSA) is 93.5 Å². The minimum atomic E-state index is -0.531. The molecule has 3 heterocycles. The van der Waals surface area contributed by atoms with E-state index in [1.54, 1.807) is 25.6 Å². The van der Waals surface area contributed by atoms with Gasteiger partial charge in [0.15, 0.2) is 5.78 Å². The van der Waals surface area contributed by atoms with Crippen LogP contribution in [0.15, 0.2) is 87.9 Å². The van der Waals surface area contributed by atoms with Crippen molar-refractivity contribution in [1.82, 2.24) is 10.3 Å². The first kappa shape index (κ1) is 22.7. The Kier molecular flexibility index (Phi) is 5.99. The molecule has 0 bridgehead atoms. The molecule has 1 amide bonds. The quantitative estimate of drug-likeness (QED) is 0.547. The number of benzene rings is 1. The van der Waals surface area contributed by atoms with Crippen LogP contribution in [0.25, 0.3) is 0 Å². The minimum Gasteiger partial charge on any atom is -0.497 e. The highest BCUT2D eigenvalue weighted by Crippen LogP contribution is 2.46. The van der Waals surface area contributed by atoms with Crippen LogP contribution in [-0.4, -0.2) is 23.8 Å². The predicted octanol–water partition coefficient (Wildman–Crippen LogP) is 4.99. The number of nitrogens with one attached hydrogen (secondary N) is 2. The maximum atomic E-state index is 13.6. The van der Waals surface area contributed by atoms with Gasteiger partial charge in [-0.2, -0.15) is 0 Å². The molecule has 35 heavy (non-hydrogen) atoms. The molecule has 1 aliphatic heterocycles. The van der Waals surface area contributed by atoms with Crippen molar-refractivity contribution in [2.75, 3.05) is 12.4 Å². The van der Waals surface area contributed by atoms with Crippen LogP contribution >= 0.6 is 0 Å². The fourth-order valence-corrected chi connectivity index (χ4v) is 4.94. The average molecular weight is 470 g/mol. The molecule has 1 aliphatic carbocycles. The summed E-state index contributed by atoms with van der Waals surface area (Å²) in [6, 6.07) is 14.9. The number of carbonyl (C=O) groups is 2. The van der Waals surface area contributed by atoms with Crippen molar-refractivity contribution in [2.24, 2.45) is 0 Å². The van der Waals surface area contributed by atoms with Crippen LogP contribution in [0.5, 0.6) is 5.75 Å². The minimum absolute atomic E-state index is 0.000712. The number of ether oxygens (including phenoxy) is 1. The van der Waals surface area contributed by atoms with Gasteiger partial charge < -0.3 is 19.8 Å². The molecule has 0 saturated carbocycles. The Bertz CT molecular complexity index is 1340. The summed E-state index contributed by atoms with van der Waals surface area (Å²) in [6.45, 7) is 3.81. The van der Waals surface area contributed by atoms with Gasteiger partial charge in [-0.1, -0.05) is 18.2 Å². The van der Waals surface area contributed by atoms with E-state index in [9.17, 15) is 9.59 Å². The van der Waals surface area contributed by atoms with Crippen LogP contribution in [0, 0.1) is 6.92 Å². The molecule has 2 aliphatic rings. The molecular weight excluding hydrogens is 442 g/mol. The van der Waals surface area contributed by atoms with Crippen LogP contribution in [0.3, 0.4) is 0 Å². The number of dihydropyridines is 1. The summed E-state index contributed by atoms with van der Waals surface area (Å²) >= 11 is 0. The smallest absolute Gasteiger partial charge is 0.255 e. The molecule has 0 fully saturated rings. The van der Waals surface area contributed by atoms with Crippen molar-refractivity contribution in [3.8, 4) is 5.75 Å². The van der Waals surface area contributed by atoms with Gasteiger partial charge in [-0.25, -0.2) is 4.98 Å². The van der Waals surface area contributed by atoms with Crippen molar-refractivity contribution in [2.45, 2.75) is 38.5 Å². The summed E-state index contributed by atoms with van der Waals surface area (Å²) in [7, 11) is 1.60. The molecule has 7 nitrogen and oxygen atoms in total. The number of carbonyl (C=O) groups excluding carboxylic acids is 2. The van der Waals surface area contributed by atoms with Gasteiger partial charge in [-0.3, -0.25) is 9.59 Å². The number of methoxy groups -OCH3 is 1. The summed E-state index contributed by atoms with van der Waals surface area (Å²) in [5.41, 5.74) is 4.47. The number of anilines is 1. The second-order valence-electron chi connectivity index (χ2n) is 8.98. The predicted molar refractivity (Wildman–Crippen MR) is 132 cm³/mol. The molecule has 5 rings (SSSR count). The Hall–Kier alpha value is -4.13. The number of aromatic nitrogens is 1. The number of hydrogen-bond acceptors (Lipinski definition) is 6. The highest BCUT2D eigenvalue weighted by Gasteiger charge is 2.41. The van der Waals surface area contributed by atoms with Crippen molar-refractivity contribution in [3.05, 3.63) is 100 Å². The first-order valence-electron chi connectivity index (χ1n) is 11.6. The van der Waals surface area contributed by atoms with Crippen LogP contribution in [0.2, 0.25) is 0 Å². The van der Waals surface area contributed by atoms with Gasteiger partial charge in [0, 0.05) is 47.0 Å². The molecule has 7 heteroatoms. The molecule has 0 unspecified atom stereocenters. The summed E-state index contributed by atoms with van der Waals surface area (Å²) in [5, 5.41) is 6.29. The van der Waals surface area contributed by atoms with E-state index in [0.29, 0.717) is 41.3 Å². The number of pyridine rings is 1. The van der Waals surface area contributed by atoms with E-state index in [1.807, 2.05) is 56.3 Å². The monoisotopic (exact) mass is 469 g/mol. The van der Waals surface area contributed by atoms with E-state index in [1.165, 1.54) is 0 Å². The Morgan fingerprint density at radius 2 is 2.00 bits per heavy atom. The zero-order valence-electron chi connectivity index (χ0n) is 19.9. The maximum Gasteiger partial charge on any atom is 0.255 e. The third kappa shape index (κ3) is 4.37. The lowest BCUT2D eigenvalue weighted by atomic mass is 9.72. The third-order valence-electron chi connectivity index (χ3n) is 6.60. The number of amides is 1. The van der Waals surface area contributed by atoms with Crippen LogP contribution < -0.4 is 15.4 Å². The molecule has 2 N–H and O–H groups in total. The number of nitrogens with zero attached hydrogens (tertiary/aromatic N) is 1. The van der Waals surface area contributed by atoms with Gasteiger partial charge in [-0.15, -0.1) is 0 Å². The van der Waals surface area contributed by atoms with E-state index in [2.05, 4.69) is 15.6 Å². The van der Waals surface area contributed by atoms with E-state index >= 15 is 0 Å². The Balaban J connectivity index is 1.57. The van der Waals surface area contributed by atoms with E-state index in [0.717, 1.165) is 22.6 Å². The SMILES string of the molecule is COc1cccc([C@@H]2C(C(=O)Nc3ccc(C)cn3)=C(C)NC3=C2C(=O)C[C@H](c2ccco2)C3)c1. The number of ketones is 1. The molecular formula is C28H27N3O4. The number of aryl methyl sites for hydroxylation is 1. The van der Waals surface area contributed by atoms with Crippen molar-refractivity contribution < 1.29 is 18.7 Å². The van der Waals surface area contributed by atoms with Crippen LogP contribution in [0.4, 0.5) is 5.82 Å². The van der Waals surface area contributed by atoms with Gasteiger partial charge >= 0.3 is 0 Å². The molecule has 2 aromatic heterocycles. The van der Waals surface area contributed by atoms with E-state index < -0.39 is 5.92 Å². The van der Waals surface area contributed by atoms with Crippen LogP contribution in [0.1, 0.15) is 48.5 Å². The second kappa shape index (κ2) is 9.25. The lowest BCUT2D eigenvalue weighted by Crippen LogP contribution is -2.37. The summed E-state index contributed by atoms with van der Waals surface area (Å²) in [4.78, 5) is 31.5. The summed E-state index contributed by atoms with van der Waals surface area (Å²) in [6.07, 6.45) is 4.28. The number of Topliss-reactive ketones (excluding diaryl/α,β-unsaturated/α-hetero) is 1. The number of allylic oxidation sites excluding steroid dienone is 3. The van der Waals surface area contributed by atoms with E-state index in [4.69, 9.17) is 9.15 Å². The molecule has 0 saturated heterocycles. The van der Waals surface area contributed by atoms with E-state index in [-0.39, 0.29) is 17.6 Å². The van der Waals surface area contributed by atoms with Crippen LogP contribution in [-0.2, 0) is 9.59 Å². The molecule has 3 aromatic rings. The van der Waals surface area contributed by atoms with Crippen molar-refractivity contribution in [3.63, 3.8) is 0 Å². The zero-order valence-corrected chi connectivity index (χ0v) is 19.9. The fraction of sp³-hybridized carbons (Fsp3) is 0.250. The molecule has 2 atom stereocenters. The van der Waals surface area contributed by atoms with Crippen molar-refractivity contribution >= 4 is 17.5 Å². The number of rotatable bonds is 5.